The molecule has 3 amide bonds. The van der Waals surface area contributed by atoms with Crippen molar-refractivity contribution < 1.29 is 33.0 Å². The molecule has 3 aliphatic rings. The fourth-order valence-electron chi connectivity index (χ4n) is 5.44. The van der Waals surface area contributed by atoms with Gasteiger partial charge in [-0.1, -0.05) is 6.07 Å². The van der Waals surface area contributed by atoms with Crippen molar-refractivity contribution in [3.05, 3.63) is 53.8 Å². The van der Waals surface area contributed by atoms with Gasteiger partial charge in [0, 0.05) is 17.5 Å². The van der Waals surface area contributed by atoms with E-state index in [4.69, 9.17) is 14.2 Å². The molecule has 9 heteroatoms. The molecule has 2 saturated heterocycles. The molecule has 0 unspecified atom stereocenters. The molecule has 33 heavy (non-hydrogen) atoms. The van der Waals surface area contributed by atoms with Crippen LogP contribution >= 0.6 is 0 Å². The largest absolute Gasteiger partial charge is 0.497 e. The number of esters is 1. The van der Waals surface area contributed by atoms with Crippen LogP contribution in [0.4, 0.5) is 14.9 Å². The Morgan fingerprint density at radius 1 is 1.24 bits per heavy atom. The maximum Gasteiger partial charge on any atom is 0.332 e. The summed E-state index contributed by atoms with van der Waals surface area (Å²) < 4.78 is 30.5. The van der Waals surface area contributed by atoms with E-state index in [1.807, 2.05) is 0 Å². The summed E-state index contributed by atoms with van der Waals surface area (Å²) in [6.45, 7) is 3.52. The molecule has 8 nitrogen and oxygen atoms in total. The molecule has 0 N–H and O–H groups in total. The molecule has 0 radical (unpaired) electrons. The van der Waals surface area contributed by atoms with Gasteiger partial charge in [0.15, 0.2) is 0 Å². The molecular formula is C24H23FN2O6. The van der Waals surface area contributed by atoms with Gasteiger partial charge in [0.2, 0.25) is 0 Å². The number of imide groups is 1. The number of nitrogens with zero attached hydrogens (tertiary/aromatic N) is 2. The third-order valence-electron chi connectivity index (χ3n) is 6.83. The zero-order valence-electron chi connectivity index (χ0n) is 18.4. The van der Waals surface area contributed by atoms with E-state index >= 15 is 0 Å². The number of hydrogen-bond donors (Lipinski definition) is 0. The third-order valence-corrected chi connectivity index (χ3v) is 6.83. The molecule has 0 spiro atoms. The first-order valence-electron chi connectivity index (χ1n) is 10.7. The first-order chi connectivity index (χ1) is 15.8. The van der Waals surface area contributed by atoms with E-state index in [1.54, 1.807) is 32.0 Å². The van der Waals surface area contributed by atoms with Crippen LogP contribution in [0.1, 0.15) is 25.5 Å². The molecule has 172 valence electrons. The Morgan fingerprint density at radius 3 is 2.73 bits per heavy atom. The summed E-state index contributed by atoms with van der Waals surface area (Å²) in [5.41, 5.74) is -0.732. The summed E-state index contributed by atoms with van der Waals surface area (Å²) in [5.74, 6) is -2.08. The highest BCUT2D eigenvalue weighted by atomic mass is 19.1. The molecule has 4 atom stereocenters. The maximum atomic E-state index is 13.9. The summed E-state index contributed by atoms with van der Waals surface area (Å²) in [4.78, 5) is 43.0. The average molecular weight is 454 g/mol. The van der Waals surface area contributed by atoms with Gasteiger partial charge >= 0.3 is 12.0 Å². The number of methoxy groups -OCH3 is 1. The van der Waals surface area contributed by atoms with Gasteiger partial charge in [-0.25, -0.2) is 14.1 Å². The van der Waals surface area contributed by atoms with E-state index in [1.165, 1.54) is 30.2 Å². The quantitative estimate of drug-likeness (QED) is 0.521. The van der Waals surface area contributed by atoms with E-state index in [0.717, 1.165) is 11.0 Å². The van der Waals surface area contributed by atoms with Crippen LogP contribution in [-0.4, -0.2) is 48.7 Å². The van der Waals surface area contributed by atoms with Gasteiger partial charge in [-0.3, -0.25) is 9.59 Å². The number of hydrogen-bond acceptors (Lipinski definition) is 6. The van der Waals surface area contributed by atoms with Crippen molar-refractivity contribution in [3.63, 3.8) is 0 Å². The number of anilines is 1. The lowest BCUT2D eigenvalue weighted by molar-refractivity contribution is -0.154. The highest BCUT2D eigenvalue weighted by molar-refractivity contribution is 6.24. The number of halogens is 1. The molecule has 2 fully saturated rings. The number of rotatable bonds is 4. The van der Waals surface area contributed by atoms with Crippen LogP contribution in [0, 0.1) is 17.7 Å². The van der Waals surface area contributed by atoms with Gasteiger partial charge in [0.05, 0.1) is 38.0 Å². The fourth-order valence-corrected chi connectivity index (χ4v) is 5.44. The van der Waals surface area contributed by atoms with Crippen molar-refractivity contribution in [3.8, 4) is 11.5 Å². The summed E-state index contributed by atoms with van der Waals surface area (Å²) in [7, 11) is 1.54. The minimum atomic E-state index is -1.52. The Labute approximate surface area is 189 Å². The minimum Gasteiger partial charge on any atom is -0.497 e. The van der Waals surface area contributed by atoms with Crippen molar-refractivity contribution >= 4 is 23.6 Å². The smallest absolute Gasteiger partial charge is 0.332 e. The van der Waals surface area contributed by atoms with E-state index in [2.05, 4.69) is 0 Å². The van der Waals surface area contributed by atoms with Crippen molar-refractivity contribution in [1.29, 1.82) is 0 Å². The highest BCUT2D eigenvalue weighted by Crippen LogP contribution is 2.58. The number of carbonyl (C=O) groups is 3. The Balaban J connectivity index is 1.68. The predicted molar refractivity (Wildman–Crippen MR) is 114 cm³/mol. The van der Waals surface area contributed by atoms with Gasteiger partial charge in [0.25, 0.3) is 5.91 Å². The molecule has 2 aromatic rings. The second-order valence-electron chi connectivity index (χ2n) is 8.47. The number of amides is 3. The number of benzene rings is 2. The van der Waals surface area contributed by atoms with E-state index in [-0.39, 0.29) is 18.9 Å². The lowest BCUT2D eigenvalue weighted by Gasteiger charge is -2.34. The second-order valence-corrected chi connectivity index (χ2v) is 8.47. The lowest BCUT2D eigenvalue weighted by atomic mass is 9.77. The van der Waals surface area contributed by atoms with Crippen LogP contribution < -0.4 is 14.4 Å². The second kappa shape index (κ2) is 7.47. The summed E-state index contributed by atoms with van der Waals surface area (Å²) >= 11 is 0. The molecule has 0 aromatic heterocycles. The van der Waals surface area contributed by atoms with Crippen molar-refractivity contribution in [2.75, 3.05) is 25.2 Å². The third kappa shape index (κ3) is 2.84. The van der Waals surface area contributed by atoms with Crippen LogP contribution in [0.25, 0.3) is 0 Å². The van der Waals surface area contributed by atoms with Crippen LogP contribution in [0.5, 0.6) is 11.5 Å². The molecule has 3 heterocycles. The van der Waals surface area contributed by atoms with Crippen molar-refractivity contribution in [1.82, 2.24) is 4.90 Å². The Morgan fingerprint density at radius 2 is 2.03 bits per heavy atom. The summed E-state index contributed by atoms with van der Waals surface area (Å²) in [6.07, 6.45) is 0. The van der Waals surface area contributed by atoms with E-state index in [9.17, 15) is 18.8 Å². The molecule has 0 aliphatic carbocycles. The molecule has 3 aliphatic heterocycles. The van der Waals surface area contributed by atoms with Crippen molar-refractivity contribution in [2.45, 2.75) is 25.4 Å². The Hall–Kier alpha value is -3.62. The number of carbonyl (C=O) groups excluding carboxylic acids is 3. The van der Waals surface area contributed by atoms with E-state index in [0.29, 0.717) is 17.1 Å². The monoisotopic (exact) mass is 454 g/mol. The molecule has 5 rings (SSSR count). The van der Waals surface area contributed by atoms with Crippen LogP contribution in [0.15, 0.2) is 42.5 Å². The molecular weight excluding hydrogens is 431 g/mol. The minimum absolute atomic E-state index is 0.113. The standard InChI is InChI=1S/C24H23FN2O6/c1-4-32-21(28)19-17-12-33-18-11-15(31-3)8-9-16(18)20(17)27-23(30)26(22(29)24(19,27)2)14-7-5-6-13(25)10-14/h5-11,17,19-20H,4,12H2,1-3H3/t17-,19+,20-,24-/m1/s1. The topological polar surface area (TPSA) is 85.4 Å². The number of urea groups is 1. The zero-order valence-corrected chi connectivity index (χ0v) is 18.4. The summed E-state index contributed by atoms with van der Waals surface area (Å²) in [6, 6.07) is 9.30. The fraction of sp³-hybridized carbons (Fsp3) is 0.375. The number of ether oxygens (including phenoxy) is 3. The van der Waals surface area contributed by atoms with Gasteiger partial charge in [-0.15, -0.1) is 0 Å². The first-order valence-corrected chi connectivity index (χ1v) is 10.7. The van der Waals surface area contributed by atoms with Crippen molar-refractivity contribution in [2.24, 2.45) is 11.8 Å². The SMILES string of the molecule is CCOC(=O)[C@@H]1[C@H]2COc3cc(OC)ccc3[C@H]2N2C(=O)N(c3cccc(F)c3)C(=O)[C@@]12C. The first kappa shape index (κ1) is 21.2. The zero-order chi connectivity index (χ0) is 23.5. The van der Waals surface area contributed by atoms with Gasteiger partial charge in [-0.2, -0.15) is 0 Å². The molecule has 0 saturated carbocycles. The summed E-state index contributed by atoms with van der Waals surface area (Å²) in [5, 5.41) is 0. The lowest BCUT2D eigenvalue weighted by Crippen LogP contribution is -2.51. The Bertz CT molecular complexity index is 1170. The normalized spacial score (nSPS) is 27.6. The highest BCUT2D eigenvalue weighted by Gasteiger charge is 2.72. The van der Waals surface area contributed by atoms with Gasteiger partial charge in [0.1, 0.15) is 22.9 Å². The Kier molecular flexibility index (Phi) is 4.81. The van der Waals surface area contributed by atoms with Crippen LogP contribution in [-0.2, 0) is 14.3 Å². The van der Waals surface area contributed by atoms with Crippen LogP contribution in [0.3, 0.4) is 0 Å². The number of fused-ring (bicyclic) bond motifs is 5. The maximum absolute atomic E-state index is 13.9. The average Bonchev–Trinajstić information content (AvgIpc) is 3.18. The molecule has 0 bridgehead atoms. The van der Waals surface area contributed by atoms with Gasteiger partial charge < -0.3 is 19.1 Å². The van der Waals surface area contributed by atoms with Crippen LogP contribution in [0.2, 0.25) is 0 Å². The van der Waals surface area contributed by atoms with Gasteiger partial charge in [-0.05, 0) is 44.2 Å². The van der Waals surface area contributed by atoms with E-state index < -0.39 is 47.1 Å². The predicted octanol–water partition coefficient (Wildman–Crippen LogP) is 3.30. The molecule has 2 aromatic carbocycles.